The van der Waals surface area contributed by atoms with Gasteiger partial charge in [-0.2, -0.15) is 0 Å². The molecule has 0 aromatic carbocycles. The van der Waals surface area contributed by atoms with Crippen molar-refractivity contribution in [1.29, 1.82) is 0 Å². The molecular formula is C21H26N4O7S. The van der Waals surface area contributed by atoms with E-state index in [1.165, 1.54) is 16.7 Å². The van der Waals surface area contributed by atoms with Crippen LogP contribution in [0.5, 0.6) is 5.75 Å². The van der Waals surface area contributed by atoms with E-state index in [2.05, 4.69) is 15.6 Å². The predicted molar refractivity (Wildman–Crippen MR) is 118 cm³/mol. The number of carbonyl (C=O) groups is 3. The molecular weight excluding hydrogens is 452 g/mol. The zero-order valence-corrected chi connectivity index (χ0v) is 18.9. The van der Waals surface area contributed by atoms with Gasteiger partial charge in [-0.25, -0.2) is 4.79 Å². The molecule has 3 aliphatic heterocycles. The number of rotatable bonds is 7. The van der Waals surface area contributed by atoms with Gasteiger partial charge in [-0.1, -0.05) is 6.92 Å². The Kier molecular flexibility index (Phi) is 6.25. The molecule has 4 rings (SSSR count). The Morgan fingerprint density at radius 2 is 2.09 bits per heavy atom. The zero-order valence-electron chi connectivity index (χ0n) is 18.1. The Morgan fingerprint density at radius 1 is 1.36 bits per heavy atom. The summed E-state index contributed by atoms with van der Waals surface area (Å²) in [6, 6.07) is 0.630. The first-order chi connectivity index (χ1) is 15.6. The van der Waals surface area contributed by atoms with Crippen LogP contribution in [0.15, 0.2) is 27.7 Å². The van der Waals surface area contributed by atoms with Crippen LogP contribution >= 0.6 is 11.8 Å². The summed E-state index contributed by atoms with van der Waals surface area (Å²) in [4.78, 5) is 52.6. The van der Waals surface area contributed by atoms with E-state index in [1.54, 1.807) is 6.92 Å². The van der Waals surface area contributed by atoms with Gasteiger partial charge in [0.25, 0.3) is 5.91 Å². The number of H-pyrrole nitrogens is 1. The number of hydrogen-bond acceptors (Lipinski definition) is 8. The number of hydrogen-bond donors (Lipinski definition) is 6. The smallest absolute Gasteiger partial charge is 0.353 e. The Morgan fingerprint density at radius 3 is 2.73 bits per heavy atom. The number of carboxylic acid groups (broad SMARTS) is 1. The van der Waals surface area contributed by atoms with Crippen molar-refractivity contribution >= 4 is 29.5 Å². The Labute approximate surface area is 193 Å². The van der Waals surface area contributed by atoms with Crippen molar-refractivity contribution in [3.8, 4) is 5.75 Å². The lowest BCUT2D eigenvalue weighted by atomic mass is 9.79. The maximum atomic E-state index is 12.5. The summed E-state index contributed by atoms with van der Waals surface area (Å²) in [6.45, 7) is 4.33. The quantitative estimate of drug-likeness (QED) is 0.281. The highest BCUT2D eigenvalue weighted by molar-refractivity contribution is 8.03. The monoisotopic (exact) mass is 478 g/mol. The van der Waals surface area contributed by atoms with Gasteiger partial charge in [-0.3, -0.25) is 14.4 Å². The number of aliphatic carboxylic acids is 1. The lowest BCUT2D eigenvalue weighted by Crippen LogP contribution is -2.63. The molecule has 1 aromatic rings. The van der Waals surface area contributed by atoms with Crippen LogP contribution < -0.4 is 16.1 Å². The summed E-state index contributed by atoms with van der Waals surface area (Å²) >= 11 is 1.43. The van der Waals surface area contributed by atoms with Gasteiger partial charge in [-0.15, -0.1) is 11.8 Å². The average molecular weight is 479 g/mol. The first kappa shape index (κ1) is 23.3. The normalized spacial score (nSPS) is 29.6. The molecule has 11 nitrogen and oxygen atoms in total. The van der Waals surface area contributed by atoms with Crippen molar-refractivity contribution < 1.29 is 29.7 Å². The molecule has 2 fully saturated rings. The second kappa shape index (κ2) is 8.84. The molecule has 6 atom stereocenters. The standard InChI is InChI=1S/C21H26N4O7S/c1-8-16-15(9(2)26)20(30)25(16)17(21(31)32)18(8)33-11-3-10(22-6-11)5-24-19(29)12-4-13(27)14(28)7-23-12/h4,7-11,15-16,22,26,28H,3,5-6H2,1-2H3,(H,23,27)(H,24,29)(H,31,32)/t8-,9-,10+,11+,15-,16-/m1/s1. The van der Waals surface area contributed by atoms with Crippen molar-refractivity contribution in [3.63, 3.8) is 0 Å². The molecule has 0 unspecified atom stereocenters. The van der Waals surface area contributed by atoms with Crippen LogP contribution in [-0.4, -0.2) is 79.5 Å². The summed E-state index contributed by atoms with van der Waals surface area (Å²) < 4.78 is 0. The van der Waals surface area contributed by atoms with Crippen molar-refractivity contribution in [2.75, 3.05) is 13.1 Å². The molecule has 3 aliphatic rings. The average Bonchev–Trinajstić information content (AvgIpc) is 3.29. The molecule has 6 N–H and O–H groups in total. The van der Waals surface area contributed by atoms with Crippen LogP contribution in [0.3, 0.4) is 0 Å². The highest BCUT2D eigenvalue weighted by Crippen LogP contribution is 2.51. The Balaban J connectivity index is 1.37. The molecule has 33 heavy (non-hydrogen) atoms. The van der Waals surface area contributed by atoms with Crippen molar-refractivity contribution in [2.24, 2.45) is 11.8 Å². The number of amides is 2. The van der Waals surface area contributed by atoms with Crippen molar-refractivity contribution in [3.05, 3.63) is 38.8 Å². The van der Waals surface area contributed by atoms with Crippen LogP contribution in [0.25, 0.3) is 0 Å². The van der Waals surface area contributed by atoms with Gasteiger partial charge in [0, 0.05) is 47.5 Å². The van der Waals surface area contributed by atoms with Crippen LogP contribution in [-0.2, 0) is 9.59 Å². The van der Waals surface area contributed by atoms with E-state index >= 15 is 0 Å². The summed E-state index contributed by atoms with van der Waals surface area (Å²) in [5.74, 6) is -3.23. The van der Waals surface area contributed by atoms with E-state index in [9.17, 15) is 34.5 Å². The lowest BCUT2D eigenvalue weighted by molar-refractivity contribution is -0.163. The summed E-state index contributed by atoms with van der Waals surface area (Å²) in [7, 11) is 0. The summed E-state index contributed by atoms with van der Waals surface area (Å²) in [5.41, 5.74) is -0.601. The number of aliphatic hydroxyl groups excluding tert-OH is 1. The molecule has 2 amide bonds. The van der Waals surface area contributed by atoms with Crippen molar-refractivity contribution in [2.45, 2.75) is 43.7 Å². The zero-order chi connectivity index (χ0) is 24.0. The van der Waals surface area contributed by atoms with E-state index in [-0.39, 0.29) is 40.5 Å². The second-order valence-corrected chi connectivity index (χ2v) is 10.0. The van der Waals surface area contributed by atoms with Crippen LogP contribution in [0, 0.1) is 11.8 Å². The topological polar surface area (TPSA) is 172 Å². The van der Waals surface area contributed by atoms with E-state index in [0.717, 1.165) is 12.3 Å². The number of nitrogens with one attached hydrogen (secondary N) is 3. The number of aromatic nitrogens is 1. The lowest BCUT2D eigenvalue weighted by Gasteiger charge is -2.46. The molecule has 0 spiro atoms. The predicted octanol–water partition coefficient (Wildman–Crippen LogP) is -0.572. The number of nitrogens with zero attached hydrogens (tertiary/aromatic N) is 1. The molecule has 178 valence electrons. The van der Waals surface area contributed by atoms with Gasteiger partial charge >= 0.3 is 5.97 Å². The highest BCUT2D eigenvalue weighted by atomic mass is 32.2. The minimum atomic E-state index is -1.15. The van der Waals surface area contributed by atoms with Crippen LogP contribution in [0.4, 0.5) is 0 Å². The first-order valence-corrected chi connectivity index (χ1v) is 11.6. The Bertz CT molecular complexity index is 1080. The van der Waals surface area contributed by atoms with E-state index < -0.39 is 35.1 Å². The molecule has 0 aliphatic carbocycles. The number of carboxylic acids is 1. The number of carbonyl (C=O) groups excluding carboxylic acids is 2. The molecule has 0 saturated carbocycles. The van der Waals surface area contributed by atoms with E-state index in [4.69, 9.17) is 0 Å². The SMILES string of the molecule is C[C@@H](O)[C@H]1C(=O)N2C(C(=O)O)=C(S[C@@H]3CN[C@H](CNC(=O)c4cc(=O)c(O)c[nH]4)C3)[C@H](C)[C@H]12. The summed E-state index contributed by atoms with van der Waals surface area (Å²) in [6.07, 6.45) is 0.883. The number of thioether (sulfide) groups is 1. The number of aromatic amines is 1. The fraction of sp³-hybridized carbons (Fsp3) is 0.524. The largest absolute Gasteiger partial charge is 0.503 e. The van der Waals surface area contributed by atoms with Gasteiger partial charge in [0.2, 0.25) is 11.3 Å². The molecule has 1 aromatic heterocycles. The first-order valence-electron chi connectivity index (χ1n) is 10.7. The highest BCUT2D eigenvalue weighted by Gasteiger charge is 2.60. The number of fused-ring (bicyclic) bond motifs is 1. The maximum Gasteiger partial charge on any atom is 0.353 e. The number of β-lactam (4-membered cyclic amide) rings is 1. The van der Waals surface area contributed by atoms with E-state index in [1.807, 2.05) is 6.92 Å². The minimum Gasteiger partial charge on any atom is -0.503 e. The Hall–Kier alpha value is -2.83. The van der Waals surface area contributed by atoms with Gasteiger partial charge in [0.05, 0.1) is 18.1 Å². The maximum absolute atomic E-state index is 12.5. The van der Waals surface area contributed by atoms with Gasteiger partial charge < -0.3 is 35.8 Å². The van der Waals surface area contributed by atoms with Gasteiger partial charge in [-0.05, 0) is 13.3 Å². The number of aromatic hydroxyl groups is 1. The van der Waals surface area contributed by atoms with Gasteiger partial charge in [0.15, 0.2) is 5.75 Å². The molecule has 0 radical (unpaired) electrons. The van der Waals surface area contributed by atoms with Crippen molar-refractivity contribution in [1.82, 2.24) is 20.5 Å². The van der Waals surface area contributed by atoms with Crippen LogP contribution in [0.1, 0.15) is 30.8 Å². The number of pyridine rings is 1. The minimum absolute atomic E-state index is 0.00689. The van der Waals surface area contributed by atoms with Gasteiger partial charge in [0.1, 0.15) is 11.4 Å². The summed E-state index contributed by atoms with van der Waals surface area (Å²) in [5, 5.41) is 35.1. The molecule has 12 heteroatoms. The second-order valence-electron chi connectivity index (χ2n) is 8.66. The molecule has 0 bridgehead atoms. The third-order valence-corrected chi connectivity index (χ3v) is 7.94. The third kappa shape index (κ3) is 4.13. The molecule has 2 saturated heterocycles. The fourth-order valence-electron chi connectivity index (χ4n) is 4.79. The van der Waals surface area contributed by atoms with Crippen LogP contribution in [0.2, 0.25) is 0 Å². The van der Waals surface area contributed by atoms with E-state index in [0.29, 0.717) is 24.4 Å². The fourth-order valence-corrected chi connectivity index (χ4v) is 6.31. The molecule has 4 heterocycles. The number of aliphatic hydroxyl groups is 1. The third-order valence-electron chi connectivity index (χ3n) is 6.43.